The standard InChI is InChI=1S/C26H27N5O3/c1-2-18-9-11-19(12-10-18)25(26(33)27-16-21-6-5-15-34-21)31(20-13-14-20)24(32)17-30-23-8-4-3-7-22(23)28-29-30/h3-12,15,20,25H,2,13-14,16-17H2,1H3,(H,27,33)/t25-/m0/s1. The van der Waals surface area contributed by atoms with E-state index in [1.54, 1.807) is 21.9 Å². The third-order valence-electron chi connectivity index (χ3n) is 6.18. The van der Waals surface area contributed by atoms with E-state index in [9.17, 15) is 9.59 Å². The predicted octanol–water partition coefficient (Wildman–Crippen LogP) is 3.64. The zero-order valence-corrected chi connectivity index (χ0v) is 19.1. The van der Waals surface area contributed by atoms with Crippen molar-refractivity contribution in [1.29, 1.82) is 0 Å². The van der Waals surface area contributed by atoms with Crippen molar-refractivity contribution in [3.63, 3.8) is 0 Å². The molecule has 8 nitrogen and oxygen atoms in total. The third-order valence-corrected chi connectivity index (χ3v) is 6.18. The maximum absolute atomic E-state index is 13.6. The number of rotatable bonds is 9. The fourth-order valence-corrected chi connectivity index (χ4v) is 4.21. The first kappa shape index (κ1) is 21.9. The average molecular weight is 458 g/mol. The molecule has 8 heteroatoms. The van der Waals surface area contributed by atoms with E-state index in [2.05, 4.69) is 22.6 Å². The minimum absolute atomic E-state index is 0.0199. The molecule has 2 aromatic heterocycles. The first-order valence-corrected chi connectivity index (χ1v) is 11.6. The summed E-state index contributed by atoms with van der Waals surface area (Å²) in [5, 5.41) is 11.3. The van der Waals surface area contributed by atoms with Crippen molar-refractivity contribution in [3.05, 3.63) is 83.8 Å². The van der Waals surface area contributed by atoms with Crippen molar-refractivity contribution < 1.29 is 14.0 Å². The van der Waals surface area contributed by atoms with Crippen LogP contribution in [0.15, 0.2) is 71.3 Å². The molecule has 0 saturated heterocycles. The van der Waals surface area contributed by atoms with Crippen LogP contribution in [-0.2, 0) is 29.1 Å². The molecule has 1 N–H and O–H groups in total. The second kappa shape index (κ2) is 9.51. The Labute approximate surface area is 197 Å². The Morgan fingerprint density at radius 1 is 1.12 bits per heavy atom. The molecular weight excluding hydrogens is 430 g/mol. The van der Waals surface area contributed by atoms with E-state index in [4.69, 9.17) is 4.42 Å². The number of hydrogen-bond acceptors (Lipinski definition) is 5. The highest BCUT2D eigenvalue weighted by molar-refractivity contribution is 5.89. The summed E-state index contributed by atoms with van der Waals surface area (Å²) in [5.41, 5.74) is 3.49. The van der Waals surface area contributed by atoms with Gasteiger partial charge in [-0.3, -0.25) is 9.59 Å². The van der Waals surface area contributed by atoms with Gasteiger partial charge in [0.25, 0.3) is 0 Å². The number of benzene rings is 2. The molecule has 1 fully saturated rings. The quantitative estimate of drug-likeness (QED) is 0.414. The summed E-state index contributed by atoms with van der Waals surface area (Å²) >= 11 is 0. The topological polar surface area (TPSA) is 93.3 Å². The number of furan rings is 1. The average Bonchev–Trinajstić information content (AvgIpc) is 3.40. The van der Waals surface area contributed by atoms with Gasteiger partial charge in [0.2, 0.25) is 11.8 Å². The lowest BCUT2D eigenvalue weighted by molar-refractivity contribution is -0.142. The van der Waals surface area contributed by atoms with Gasteiger partial charge >= 0.3 is 0 Å². The summed E-state index contributed by atoms with van der Waals surface area (Å²) in [6.07, 6.45) is 4.23. The number of carbonyl (C=O) groups excluding carboxylic acids is 2. The maximum atomic E-state index is 13.6. The molecule has 1 aliphatic carbocycles. The van der Waals surface area contributed by atoms with Crippen LogP contribution in [0.4, 0.5) is 0 Å². The van der Waals surface area contributed by atoms with Gasteiger partial charge in [-0.05, 0) is 54.7 Å². The Hall–Kier alpha value is -3.94. The summed E-state index contributed by atoms with van der Waals surface area (Å²) in [5.74, 6) is 0.270. The maximum Gasteiger partial charge on any atom is 0.247 e. The van der Waals surface area contributed by atoms with E-state index in [0.29, 0.717) is 5.76 Å². The zero-order valence-electron chi connectivity index (χ0n) is 19.1. The van der Waals surface area contributed by atoms with Crippen LogP contribution in [0.3, 0.4) is 0 Å². The molecular formula is C26H27N5O3. The molecule has 174 valence electrons. The van der Waals surface area contributed by atoms with Crippen LogP contribution in [0.2, 0.25) is 0 Å². The fourth-order valence-electron chi connectivity index (χ4n) is 4.21. The Bertz CT molecular complexity index is 1280. The number of hydrogen-bond donors (Lipinski definition) is 1. The molecule has 2 heterocycles. The number of para-hydroxylation sites is 1. The molecule has 4 aromatic rings. The number of amides is 2. The summed E-state index contributed by atoms with van der Waals surface area (Å²) in [7, 11) is 0. The lowest BCUT2D eigenvalue weighted by atomic mass is 10.0. The first-order chi connectivity index (χ1) is 16.6. The molecule has 5 rings (SSSR count). The van der Waals surface area contributed by atoms with Gasteiger partial charge in [0.05, 0.1) is 18.3 Å². The van der Waals surface area contributed by atoms with Crippen LogP contribution in [-0.4, -0.2) is 37.7 Å². The Kier molecular flexibility index (Phi) is 6.12. The van der Waals surface area contributed by atoms with E-state index in [1.807, 2.05) is 54.6 Å². The van der Waals surface area contributed by atoms with Gasteiger partial charge in [-0.25, -0.2) is 4.68 Å². The highest BCUT2D eigenvalue weighted by Gasteiger charge is 2.41. The molecule has 1 atom stereocenters. The normalized spacial score (nSPS) is 14.1. The second-order valence-electron chi connectivity index (χ2n) is 8.56. The Morgan fingerprint density at radius 2 is 1.91 bits per heavy atom. The molecule has 1 saturated carbocycles. The number of carbonyl (C=O) groups is 2. The van der Waals surface area contributed by atoms with E-state index >= 15 is 0 Å². The SMILES string of the molecule is CCc1ccc([C@@H](C(=O)NCc2ccco2)N(C(=O)Cn2nnc3ccccc32)C2CC2)cc1. The minimum atomic E-state index is -0.740. The van der Waals surface area contributed by atoms with Gasteiger partial charge in [-0.1, -0.05) is 48.5 Å². The molecule has 2 aromatic carbocycles. The van der Waals surface area contributed by atoms with E-state index in [1.165, 1.54) is 5.56 Å². The van der Waals surface area contributed by atoms with Crippen LogP contribution in [0.5, 0.6) is 0 Å². The Morgan fingerprint density at radius 3 is 2.62 bits per heavy atom. The predicted molar refractivity (Wildman–Crippen MR) is 127 cm³/mol. The molecule has 0 radical (unpaired) electrons. The van der Waals surface area contributed by atoms with E-state index < -0.39 is 6.04 Å². The molecule has 0 unspecified atom stereocenters. The lowest BCUT2D eigenvalue weighted by Crippen LogP contribution is -2.46. The fraction of sp³-hybridized carbons (Fsp3) is 0.308. The molecule has 0 aliphatic heterocycles. The number of fused-ring (bicyclic) bond motifs is 1. The highest BCUT2D eigenvalue weighted by Crippen LogP contribution is 2.35. The van der Waals surface area contributed by atoms with Gasteiger partial charge in [0.15, 0.2) is 0 Å². The largest absolute Gasteiger partial charge is 0.467 e. The van der Waals surface area contributed by atoms with Gasteiger partial charge in [0.1, 0.15) is 23.9 Å². The lowest BCUT2D eigenvalue weighted by Gasteiger charge is -2.31. The monoisotopic (exact) mass is 457 g/mol. The van der Waals surface area contributed by atoms with Gasteiger partial charge in [0, 0.05) is 6.04 Å². The molecule has 1 aliphatic rings. The number of nitrogens with one attached hydrogen (secondary N) is 1. The number of aryl methyl sites for hydroxylation is 1. The van der Waals surface area contributed by atoms with Gasteiger partial charge in [-0.2, -0.15) is 0 Å². The molecule has 34 heavy (non-hydrogen) atoms. The Balaban J connectivity index is 1.44. The highest BCUT2D eigenvalue weighted by atomic mass is 16.3. The molecule has 2 amide bonds. The van der Waals surface area contributed by atoms with Crippen LogP contribution >= 0.6 is 0 Å². The molecule has 0 bridgehead atoms. The van der Waals surface area contributed by atoms with Crippen LogP contribution < -0.4 is 5.32 Å². The van der Waals surface area contributed by atoms with Gasteiger partial charge in [-0.15, -0.1) is 5.10 Å². The summed E-state index contributed by atoms with van der Waals surface area (Å²) in [4.78, 5) is 28.9. The zero-order chi connectivity index (χ0) is 23.5. The summed E-state index contributed by atoms with van der Waals surface area (Å²) < 4.78 is 6.97. The van der Waals surface area contributed by atoms with Crippen molar-refractivity contribution >= 4 is 22.8 Å². The minimum Gasteiger partial charge on any atom is -0.467 e. The summed E-state index contributed by atoms with van der Waals surface area (Å²) in [6, 6.07) is 18.3. The van der Waals surface area contributed by atoms with Crippen molar-refractivity contribution in [1.82, 2.24) is 25.2 Å². The first-order valence-electron chi connectivity index (χ1n) is 11.6. The number of aromatic nitrogens is 3. The molecule has 0 spiro atoms. The number of nitrogens with zero attached hydrogens (tertiary/aromatic N) is 4. The van der Waals surface area contributed by atoms with E-state index in [-0.39, 0.29) is 30.9 Å². The van der Waals surface area contributed by atoms with Crippen molar-refractivity contribution in [2.24, 2.45) is 0 Å². The van der Waals surface area contributed by atoms with Crippen molar-refractivity contribution in [2.45, 2.75) is 51.4 Å². The van der Waals surface area contributed by atoms with E-state index in [0.717, 1.165) is 35.9 Å². The van der Waals surface area contributed by atoms with Crippen molar-refractivity contribution in [2.75, 3.05) is 0 Å². The van der Waals surface area contributed by atoms with Gasteiger partial charge < -0.3 is 14.6 Å². The second-order valence-corrected chi connectivity index (χ2v) is 8.56. The van der Waals surface area contributed by atoms with Crippen LogP contribution in [0, 0.1) is 0 Å². The summed E-state index contributed by atoms with van der Waals surface area (Å²) in [6.45, 7) is 2.37. The van der Waals surface area contributed by atoms with Crippen molar-refractivity contribution in [3.8, 4) is 0 Å². The smallest absolute Gasteiger partial charge is 0.247 e. The third kappa shape index (κ3) is 4.57. The van der Waals surface area contributed by atoms with Crippen LogP contribution in [0.25, 0.3) is 11.0 Å². The van der Waals surface area contributed by atoms with Crippen LogP contribution in [0.1, 0.15) is 42.7 Å².